The molecule has 26 heavy (non-hydrogen) atoms. The second kappa shape index (κ2) is 6.34. The number of fused-ring (bicyclic) bond motifs is 1. The molecule has 1 aromatic carbocycles. The second-order valence-corrected chi connectivity index (χ2v) is 7.08. The van der Waals surface area contributed by atoms with Gasteiger partial charge < -0.3 is 19.5 Å². The molecule has 2 aliphatic heterocycles. The Balaban J connectivity index is 1.81. The average molecular weight is 357 g/mol. The first-order chi connectivity index (χ1) is 12.6. The number of ether oxygens (including phenoxy) is 2. The molecular weight excluding hydrogens is 334 g/mol. The van der Waals surface area contributed by atoms with E-state index in [2.05, 4.69) is 0 Å². The molecule has 6 nitrogen and oxygen atoms in total. The monoisotopic (exact) mass is 357 g/mol. The number of methoxy groups -OCH3 is 1. The van der Waals surface area contributed by atoms with Crippen molar-refractivity contribution in [3.63, 3.8) is 0 Å². The van der Waals surface area contributed by atoms with Crippen LogP contribution in [0.15, 0.2) is 29.5 Å². The molecule has 0 bridgehead atoms. The zero-order valence-corrected chi connectivity index (χ0v) is 15.0. The Morgan fingerprint density at radius 3 is 2.77 bits per heavy atom. The average Bonchev–Trinajstić information content (AvgIpc) is 2.94. The van der Waals surface area contributed by atoms with Crippen molar-refractivity contribution in [2.75, 3.05) is 13.7 Å². The summed E-state index contributed by atoms with van der Waals surface area (Å²) in [7, 11) is 1.47. The number of phenolic OH excluding ortho intramolecular Hbond substituents is 1. The Kier molecular flexibility index (Phi) is 4.13. The first kappa shape index (κ1) is 16.9. The molecule has 0 aromatic heterocycles. The maximum atomic E-state index is 13.3. The number of phenols is 1. The number of carbonyl (C=O) groups is 2. The van der Waals surface area contributed by atoms with E-state index in [9.17, 15) is 14.7 Å². The van der Waals surface area contributed by atoms with Crippen molar-refractivity contribution in [1.82, 2.24) is 4.90 Å². The van der Waals surface area contributed by atoms with E-state index in [1.54, 1.807) is 17.0 Å². The number of amides is 1. The van der Waals surface area contributed by atoms with Crippen molar-refractivity contribution < 1.29 is 24.2 Å². The zero-order valence-electron chi connectivity index (χ0n) is 15.0. The van der Waals surface area contributed by atoms with E-state index in [1.807, 2.05) is 6.92 Å². The molecule has 6 heteroatoms. The van der Waals surface area contributed by atoms with E-state index < -0.39 is 6.04 Å². The molecule has 1 fully saturated rings. The number of aromatic hydroxyl groups is 1. The highest BCUT2D eigenvalue weighted by atomic mass is 16.5. The van der Waals surface area contributed by atoms with Gasteiger partial charge >= 0.3 is 0 Å². The molecule has 4 rings (SSSR count). The van der Waals surface area contributed by atoms with Crippen molar-refractivity contribution in [2.24, 2.45) is 5.92 Å². The fraction of sp³-hybridized carbons (Fsp3) is 0.500. The Hall–Kier alpha value is -2.50. The standard InChI is InChI=1S/C20H23NO5/c1-3-21-17(11-8-9-13(22)15(10-11)25-2)16-18(23)12-6-4-5-7-14(12)26-19(16)20(21)24/h8-10,12,14,17,22H,3-7H2,1-2H3. The van der Waals surface area contributed by atoms with Gasteiger partial charge in [0.25, 0.3) is 5.91 Å². The zero-order chi connectivity index (χ0) is 18.4. The van der Waals surface area contributed by atoms with Crippen LogP contribution in [0.1, 0.15) is 44.2 Å². The van der Waals surface area contributed by atoms with Crippen LogP contribution < -0.4 is 4.74 Å². The minimum atomic E-state index is -0.493. The van der Waals surface area contributed by atoms with Gasteiger partial charge in [-0.25, -0.2) is 0 Å². The summed E-state index contributed by atoms with van der Waals surface area (Å²) in [6.07, 6.45) is 3.51. The van der Waals surface area contributed by atoms with Crippen LogP contribution in [0, 0.1) is 5.92 Å². The predicted octanol–water partition coefficient (Wildman–Crippen LogP) is 2.72. The number of Topliss-reactive ketones (excluding diaryl/α,β-unsaturated/α-hetero) is 1. The number of rotatable bonds is 3. The lowest BCUT2D eigenvalue weighted by molar-refractivity contribution is -0.135. The number of nitrogens with zero attached hydrogens (tertiary/aromatic N) is 1. The van der Waals surface area contributed by atoms with E-state index in [1.165, 1.54) is 13.2 Å². The second-order valence-electron chi connectivity index (χ2n) is 7.08. The number of hydrogen-bond donors (Lipinski definition) is 1. The highest BCUT2D eigenvalue weighted by molar-refractivity contribution is 6.11. The lowest BCUT2D eigenvalue weighted by atomic mass is 9.77. The van der Waals surface area contributed by atoms with Crippen LogP contribution in [0.3, 0.4) is 0 Å². The third kappa shape index (κ3) is 2.39. The Morgan fingerprint density at radius 2 is 2.04 bits per heavy atom. The van der Waals surface area contributed by atoms with Crippen LogP contribution >= 0.6 is 0 Å². The summed E-state index contributed by atoms with van der Waals surface area (Å²) in [6, 6.07) is 4.45. The summed E-state index contributed by atoms with van der Waals surface area (Å²) in [5.41, 5.74) is 1.21. The van der Waals surface area contributed by atoms with Crippen LogP contribution in [0.25, 0.3) is 0 Å². The SMILES string of the molecule is CCN1C(=O)C2=C(C(=O)C3CCCCC3O2)C1c1ccc(O)c(OC)c1. The molecule has 1 N–H and O–H groups in total. The van der Waals surface area contributed by atoms with Crippen LogP contribution in [0.4, 0.5) is 0 Å². The van der Waals surface area contributed by atoms with Gasteiger partial charge in [0.2, 0.25) is 0 Å². The van der Waals surface area contributed by atoms with Gasteiger partial charge in [-0.05, 0) is 43.9 Å². The molecule has 3 atom stereocenters. The van der Waals surface area contributed by atoms with Gasteiger partial charge in [0.15, 0.2) is 23.0 Å². The van der Waals surface area contributed by atoms with E-state index >= 15 is 0 Å². The van der Waals surface area contributed by atoms with Gasteiger partial charge in [0.1, 0.15) is 6.10 Å². The van der Waals surface area contributed by atoms with Crippen LogP contribution in [0.2, 0.25) is 0 Å². The third-order valence-corrected chi connectivity index (χ3v) is 5.72. The summed E-state index contributed by atoms with van der Waals surface area (Å²) in [5, 5.41) is 9.88. The maximum Gasteiger partial charge on any atom is 0.290 e. The summed E-state index contributed by atoms with van der Waals surface area (Å²) >= 11 is 0. The van der Waals surface area contributed by atoms with Crippen molar-refractivity contribution in [1.29, 1.82) is 0 Å². The maximum absolute atomic E-state index is 13.3. The molecule has 138 valence electrons. The fourth-order valence-corrected chi connectivity index (χ4v) is 4.43. The molecule has 0 saturated heterocycles. The number of likely N-dealkylation sites (N-methyl/N-ethyl adjacent to an activating group) is 1. The van der Waals surface area contributed by atoms with Crippen molar-refractivity contribution in [2.45, 2.75) is 44.8 Å². The lowest BCUT2D eigenvalue weighted by Gasteiger charge is -2.35. The van der Waals surface area contributed by atoms with Crippen LogP contribution in [0.5, 0.6) is 11.5 Å². The van der Waals surface area contributed by atoms with Gasteiger partial charge in [-0.15, -0.1) is 0 Å². The lowest BCUT2D eigenvalue weighted by Crippen LogP contribution is -2.39. The van der Waals surface area contributed by atoms with Crippen LogP contribution in [-0.4, -0.2) is 41.5 Å². The number of benzene rings is 1. The van der Waals surface area contributed by atoms with Crippen LogP contribution in [-0.2, 0) is 14.3 Å². The molecule has 1 aromatic rings. The topological polar surface area (TPSA) is 76.1 Å². The molecule has 3 aliphatic rings. The highest BCUT2D eigenvalue weighted by Crippen LogP contribution is 2.47. The minimum Gasteiger partial charge on any atom is -0.504 e. The first-order valence-corrected chi connectivity index (χ1v) is 9.19. The number of carbonyl (C=O) groups excluding carboxylic acids is 2. The minimum absolute atomic E-state index is 0.0244. The molecule has 1 aliphatic carbocycles. The third-order valence-electron chi connectivity index (χ3n) is 5.72. The summed E-state index contributed by atoms with van der Waals surface area (Å²) in [4.78, 5) is 27.8. The molecule has 3 unspecified atom stereocenters. The molecule has 0 radical (unpaired) electrons. The number of ketones is 1. The first-order valence-electron chi connectivity index (χ1n) is 9.19. The van der Waals surface area contributed by atoms with Gasteiger partial charge in [-0.3, -0.25) is 9.59 Å². The Labute approximate surface area is 152 Å². The van der Waals surface area contributed by atoms with Crippen molar-refractivity contribution >= 4 is 11.7 Å². The summed E-state index contributed by atoms with van der Waals surface area (Å²) < 4.78 is 11.3. The van der Waals surface area contributed by atoms with Gasteiger partial charge in [0, 0.05) is 6.54 Å². The summed E-state index contributed by atoms with van der Waals surface area (Å²) in [5.74, 6) is 0.219. The Bertz CT molecular complexity index is 799. The largest absolute Gasteiger partial charge is 0.504 e. The summed E-state index contributed by atoms with van der Waals surface area (Å²) in [6.45, 7) is 2.35. The van der Waals surface area contributed by atoms with E-state index in [0.717, 1.165) is 31.2 Å². The molecule has 0 spiro atoms. The van der Waals surface area contributed by atoms with Gasteiger partial charge in [0.05, 0.1) is 24.6 Å². The normalized spacial score (nSPS) is 27.9. The van der Waals surface area contributed by atoms with Gasteiger partial charge in [-0.1, -0.05) is 12.5 Å². The smallest absolute Gasteiger partial charge is 0.290 e. The van der Waals surface area contributed by atoms with Crippen molar-refractivity contribution in [3.05, 3.63) is 35.1 Å². The number of hydrogen-bond acceptors (Lipinski definition) is 5. The molecular formula is C20H23NO5. The molecule has 1 saturated carbocycles. The quantitative estimate of drug-likeness (QED) is 0.900. The molecule has 2 heterocycles. The predicted molar refractivity (Wildman–Crippen MR) is 93.7 cm³/mol. The fourth-order valence-electron chi connectivity index (χ4n) is 4.43. The van der Waals surface area contributed by atoms with Gasteiger partial charge in [-0.2, -0.15) is 0 Å². The Morgan fingerprint density at radius 1 is 1.27 bits per heavy atom. The van der Waals surface area contributed by atoms with E-state index in [0.29, 0.717) is 17.9 Å². The molecule has 1 amide bonds. The highest BCUT2D eigenvalue weighted by Gasteiger charge is 2.51. The van der Waals surface area contributed by atoms with E-state index in [-0.39, 0.29) is 35.2 Å². The van der Waals surface area contributed by atoms with E-state index in [4.69, 9.17) is 9.47 Å². The van der Waals surface area contributed by atoms with Crippen molar-refractivity contribution in [3.8, 4) is 11.5 Å².